The number of fused-ring (bicyclic) bond motifs is 2. The Kier molecular flexibility index (Phi) is 1.69. The van der Waals surface area contributed by atoms with E-state index in [1.807, 2.05) is 0 Å². The summed E-state index contributed by atoms with van der Waals surface area (Å²) in [5, 5.41) is 3.57. The first-order valence-electron chi connectivity index (χ1n) is 5.37. The molecule has 0 aromatic heterocycles. The molecule has 3 rings (SSSR count). The van der Waals surface area contributed by atoms with Crippen LogP contribution in [0.25, 0.3) is 0 Å². The van der Waals surface area contributed by atoms with Crippen LogP contribution in [-0.2, 0) is 0 Å². The van der Waals surface area contributed by atoms with Gasteiger partial charge in [-0.15, -0.1) is 0 Å². The van der Waals surface area contributed by atoms with Crippen molar-refractivity contribution >= 4 is 5.69 Å². The Morgan fingerprint density at radius 3 is 3.21 bits per heavy atom. The van der Waals surface area contributed by atoms with Crippen molar-refractivity contribution in [2.24, 2.45) is 0 Å². The average Bonchev–Trinajstić information content (AvgIpc) is 2.61. The summed E-state index contributed by atoms with van der Waals surface area (Å²) in [6, 6.07) is 6.90. The number of anilines is 1. The highest BCUT2D eigenvalue weighted by Gasteiger charge is 2.33. The molecular formula is C12H15NO. The fourth-order valence-corrected chi connectivity index (χ4v) is 2.45. The fourth-order valence-electron chi connectivity index (χ4n) is 2.45. The summed E-state index contributed by atoms with van der Waals surface area (Å²) in [5.41, 5.74) is 2.46. The Balaban J connectivity index is 1.97. The second-order valence-electron chi connectivity index (χ2n) is 4.34. The number of aryl methyl sites for hydroxylation is 1. The molecule has 0 radical (unpaired) electrons. The lowest BCUT2D eigenvalue weighted by Gasteiger charge is -2.30. The van der Waals surface area contributed by atoms with Gasteiger partial charge in [-0.1, -0.05) is 6.07 Å². The molecule has 2 nitrogen and oxygen atoms in total. The minimum atomic E-state index is 0.408. The van der Waals surface area contributed by atoms with E-state index in [9.17, 15) is 0 Å². The molecule has 1 N–H and O–H groups in total. The van der Waals surface area contributed by atoms with Crippen molar-refractivity contribution in [1.29, 1.82) is 0 Å². The molecular weight excluding hydrogens is 174 g/mol. The van der Waals surface area contributed by atoms with Crippen LogP contribution in [0.15, 0.2) is 18.2 Å². The van der Waals surface area contributed by atoms with Crippen LogP contribution in [0.4, 0.5) is 5.69 Å². The van der Waals surface area contributed by atoms with E-state index in [1.54, 1.807) is 0 Å². The summed E-state index contributed by atoms with van der Waals surface area (Å²) < 4.78 is 5.95. The molecule has 1 saturated carbocycles. The van der Waals surface area contributed by atoms with E-state index in [0.29, 0.717) is 12.1 Å². The molecule has 1 aliphatic carbocycles. The van der Waals surface area contributed by atoms with Crippen LogP contribution in [0.1, 0.15) is 24.8 Å². The Labute approximate surface area is 84.3 Å². The van der Waals surface area contributed by atoms with E-state index in [2.05, 4.69) is 30.4 Å². The predicted molar refractivity (Wildman–Crippen MR) is 56.9 cm³/mol. The third-order valence-corrected chi connectivity index (χ3v) is 3.21. The van der Waals surface area contributed by atoms with E-state index in [-0.39, 0.29) is 0 Å². The molecule has 0 saturated heterocycles. The van der Waals surface area contributed by atoms with E-state index < -0.39 is 0 Å². The van der Waals surface area contributed by atoms with Crippen LogP contribution >= 0.6 is 0 Å². The zero-order chi connectivity index (χ0) is 9.54. The van der Waals surface area contributed by atoms with Gasteiger partial charge in [0.05, 0.1) is 11.7 Å². The largest absolute Gasteiger partial charge is 0.486 e. The average molecular weight is 189 g/mol. The molecule has 1 fully saturated rings. The van der Waals surface area contributed by atoms with Gasteiger partial charge in [0.2, 0.25) is 0 Å². The van der Waals surface area contributed by atoms with Gasteiger partial charge >= 0.3 is 0 Å². The first-order chi connectivity index (χ1) is 6.83. The molecule has 14 heavy (non-hydrogen) atoms. The SMILES string of the molecule is Cc1ccc2c(c1)NC1CCCC1O2. The zero-order valence-electron chi connectivity index (χ0n) is 8.42. The maximum absolute atomic E-state index is 5.95. The molecule has 1 heterocycles. The molecule has 2 aliphatic rings. The molecule has 2 heteroatoms. The van der Waals surface area contributed by atoms with Crippen LogP contribution in [0.3, 0.4) is 0 Å². The zero-order valence-corrected chi connectivity index (χ0v) is 8.42. The summed E-state index contributed by atoms with van der Waals surface area (Å²) in [7, 11) is 0. The van der Waals surface area contributed by atoms with Crippen molar-refractivity contribution in [3.05, 3.63) is 23.8 Å². The predicted octanol–water partition coefficient (Wildman–Crippen LogP) is 2.72. The number of hydrogen-bond donors (Lipinski definition) is 1. The lowest BCUT2D eigenvalue weighted by atomic mass is 10.1. The first-order valence-corrected chi connectivity index (χ1v) is 5.37. The minimum Gasteiger partial charge on any atom is -0.486 e. The molecule has 1 aliphatic heterocycles. The second-order valence-corrected chi connectivity index (χ2v) is 4.34. The number of nitrogens with one attached hydrogen (secondary N) is 1. The Bertz CT molecular complexity index is 361. The molecule has 74 valence electrons. The molecule has 2 atom stereocenters. The van der Waals surface area contributed by atoms with Crippen LogP contribution < -0.4 is 10.1 Å². The number of ether oxygens (including phenoxy) is 1. The van der Waals surface area contributed by atoms with Crippen molar-refractivity contribution < 1.29 is 4.74 Å². The van der Waals surface area contributed by atoms with Gasteiger partial charge in [-0.05, 0) is 43.9 Å². The summed E-state index contributed by atoms with van der Waals surface area (Å²) >= 11 is 0. The molecule has 0 bridgehead atoms. The van der Waals surface area contributed by atoms with Gasteiger partial charge in [-0.25, -0.2) is 0 Å². The standard InChI is InChI=1S/C12H15NO/c1-8-5-6-12-10(7-8)13-9-3-2-4-11(9)14-12/h5-7,9,11,13H,2-4H2,1H3. The van der Waals surface area contributed by atoms with Gasteiger partial charge in [-0.3, -0.25) is 0 Å². The Morgan fingerprint density at radius 2 is 2.29 bits per heavy atom. The van der Waals surface area contributed by atoms with Crippen molar-refractivity contribution in [2.75, 3.05) is 5.32 Å². The number of benzene rings is 1. The van der Waals surface area contributed by atoms with Crippen molar-refractivity contribution in [3.63, 3.8) is 0 Å². The number of rotatable bonds is 0. The first kappa shape index (κ1) is 8.16. The van der Waals surface area contributed by atoms with E-state index in [4.69, 9.17) is 4.74 Å². The highest BCUT2D eigenvalue weighted by Crippen LogP contribution is 2.37. The van der Waals surface area contributed by atoms with Crippen LogP contribution in [-0.4, -0.2) is 12.1 Å². The normalized spacial score (nSPS) is 28.6. The second kappa shape index (κ2) is 2.91. The Hall–Kier alpha value is -1.18. The van der Waals surface area contributed by atoms with Gasteiger partial charge in [0.15, 0.2) is 0 Å². The number of hydrogen-bond acceptors (Lipinski definition) is 2. The Morgan fingerprint density at radius 1 is 1.36 bits per heavy atom. The van der Waals surface area contributed by atoms with Crippen LogP contribution in [0.2, 0.25) is 0 Å². The maximum Gasteiger partial charge on any atom is 0.142 e. The fraction of sp³-hybridized carbons (Fsp3) is 0.500. The molecule has 0 spiro atoms. The van der Waals surface area contributed by atoms with Crippen LogP contribution in [0.5, 0.6) is 5.75 Å². The molecule has 1 aromatic rings. The lowest BCUT2D eigenvalue weighted by Crippen LogP contribution is -2.36. The third kappa shape index (κ3) is 1.17. The maximum atomic E-state index is 5.95. The molecule has 0 amide bonds. The van der Waals surface area contributed by atoms with Crippen molar-refractivity contribution in [1.82, 2.24) is 0 Å². The minimum absolute atomic E-state index is 0.408. The summed E-state index contributed by atoms with van der Waals surface area (Å²) in [5.74, 6) is 1.03. The molecule has 1 aromatic carbocycles. The van der Waals surface area contributed by atoms with Gasteiger partial charge in [-0.2, -0.15) is 0 Å². The molecule has 2 unspecified atom stereocenters. The summed E-state index contributed by atoms with van der Waals surface area (Å²) in [4.78, 5) is 0. The van der Waals surface area contributed by atoms with E-state index in [0.717, 1.165) is 5.75 Å². The summed E-state index contributed by atoms with van der Waals surface area (Å²) in [6.45, 7) is 2.11. The van der Waals surface area contributed by atoms with Gasteiger partial charge in [0.1, 0.15) is 11.9 Å². The van der Waals surface area contributed by atoms with E-state index >= 15 is 0 Å². The van der Waals surface area contributed by atoms with Crippen molar-refractivity contribution in [3.8, 4) is 5.75 Å². The topological polar surface area (TPSA) is 21.3 Å². The summed E-state index contributed by atoms with van der Waals surface area (Å²) in [6.07, 6.45) is 4.14. The highest BCUT2D eigenvalue weighted by atomic mass is 16.5. The van der Waals surface area contributed by atoms with Gasteiger partial charge < -0.3 is 10.1 Å². The van der Waals surface area contributed by atoms with Crippen molar-refractivity contribution in [2.45, 2.75) is 38.3 Å². The van der Waals surface area contributed by atoms with Gasteiger partial charge in [0.25, 0.3) is 0 Å². The highest BCUT2D eigenvalue weighted by molar-refractivity contribution is 5.60. The third-order valence-electron chi connectivity index (χ3n) is 3.21. The quantitative estimate of drug-likeness (QED) is 0.677. The van der Waals surface area contributed by atoms with Crippen LogP contribution in [0, 0.1) is 6.92 Å². The van der Waals surface area contributed by atoms with E-state index in [1.165, 1.54) is 30.5 Å². The lowest BCUT2D eigenvalue weighted by molar-refractivity contribution is 0.188. The van der Waals surface area contributed by atoms with Gasteiger partial charge in [0, 0.05) is 0 Å². The smallest absolute Gasteiger partial charge is 0.142 e. The monoisotopic (exact) mass is 189 g/mol.